The Morgan fingerprint density at radius 1 is 1.06 bits per heavy atom. The first kappa shape index (κ1) is 11.4. The molecule has 2 nitrogen and oxygen atoms in total. The second-order valence-corrected chi connectivity index (χ2v) is 4.11. The third kappa shape index (κ3) is 2.72. The highest BCUT2D eigenvalue weighted by atomic mass is 16.3. The van der Waals surface area contributed by atoms with Gasteiger partial charge in [-0.1, -0.05) is 30.3 Å². The lowest BCUT2D eigenvalue weighted by Crippen LogP contribution is -1.85. The molecule has 0 heterocycles. The molecule has 17 heavy (non-hydrogen) atoms. The highest BCUT2D eigenvalue weighted by Gasteiger charge is 1.98. The fraction of sp³-hybridized carbons (Fsp3) is 0.133. The van der Waals surface area contributed by atoms with Crippen LogP contribution < -0.4 is 0 Å². The standard InChI is InChI=1S/C15H15NO/c1-11-7-8-15(17)14(9-11)16-10-13-6-4-3-5-12(13)2/h3-10,17H,1-2H3. The van der Waals surface area contributed by atoms with Crippen LogP contribution >= 0.6 is 0 Å². The van der Waals surface area contributed by atoms with Gasteiger partial charge >= 0.3 is 0 Å². The fourth-order valence-electron chi connectivity index (χ4n) is 1.61. The van der Waals surface area contributed by atoms with Crippen molar-refractivity contribution in [1.29, 1.82) is 0 Å². The first-order valence-corrected chi connectivity index (χ1v) is 5.56. The van der Waals surface area contributed by atoms with Crippen molar-refractivity contribution in [3.05, 3.63) is 59.2 Å². The predicted octanol–water partition coefficient (Wildman–Crippen LogP) is 3.76. The van der Waals surface area contributed by atoms with Crippen LogP contribution in [0.2, 0.25) is 0 Å². The zero-order chi connectivity index (χ0) is 12.3. The van der Waals surface area contributed by atoms with Gasteiger partial charge in [0.2, 0.25) is 0 Å². The Bertz CT molecular complexity index is 559. The first-order valence-electron chi connectivity index (χ1n) is 5.56. The summed E-state index contributed by atoms with van der Waals surface area (Å²) in [5.41, 5.74) is 3.92. The molecule has 2 aromatic carbocycles. The maximum atomic E-state index is 9.67. The lowest BCUT2D eigenvalue weighted by molar-refractivity contribution is 0.477. The van der Waals surface area contributed by atoms with Gasteiger partial charge in [0.25, 0.3) is 0 Å². The van der Waals surface area contributed by atoms with Crippen LogP contribution in [0.4, 0.5) is 5.69 Å². The smallest absolute Gasteiger partial charge is 0.141 e. The number of phenolic OH excluding ortho intramolecular Hbond substituents is 1. The Balaban J connectivity index is 2.32. The van der Waals surface area contributed by atoms with Gasteiger partial charge in [0.1, 0.15) is 11.4 Å². The molecule has 0 fully saturated rings. The molecular weight excluding hydrogens is 210 g/mol. The van der Waals surface area contributed by atoms with Gasteiger partial charge in [-0.3, -0.25) is 4.99 Å². The SMILES string of the molecule is Cc1ccc(O)c(N=Cc2ccccc2C)c1. The van der Waals surface area contributed by atoms with E-state index in [1.807, 2.05) is 50.2 Å². The lowest BCUT2D eigenvalue weighted by atomic mass is 10.1. The maximum Gasteiger partial charge on any atom is 0.141 e. The minimum atomic E-state index is 0.209. The van der Waals surface area contributed by atoms with E-state index >= 15 is 0 Å². The van der Waals surface area contributed by atoms with Crippen molar-refractivity contribution in [2.24, 2.45) is 4.99 Å². The molecule has 0 aliphatic heterocycles. The molecule has 2 rings (SSSR count). The summed E-state index contributed by atoms with van der Waals surface area (Å²) in [6, 6.07) is 13.4. The van der Waals surface area contributed by atoms with Crippen molar-refractivity contribution < 1.29 is 5.11 Å². The van der Waals surface area contributed by atoms with E-state index in [1.165, 1.54) is 5.56 Å². The topological polar surface area (TPSA) is 32.6 Å². The minimum absolute atomic E-state index is 0.209. The summed E-state index contributed by atoms with van der Waals surface area (Å²) in [6.45, 7) is 4.02. The molecule has 0 bridgehead atoms. The summed E-state index contributed by atoms with van der Waals surface area (Å²) in [7, 11) is 0. The predicted molar refractivity (Wildman–Crippen MR) is 71.3 cm³/mol. The Kier molecular flexibility index (Phi) is 3.24. The molecule has 0 saturated heterocycles. The maximum absolute atomic E-state index is 9.67. The van der Waals surface area contributed by atoms with Crippen LogP contribution in [0.15, 0.2) is 47.5 Å². The minimum Gasteiger partial charge on any atom is -0.506 e. The molecule has 0 atom stereocenters. The quantitative estimate of drug-likeness (QED) is 0.775. The number of aromatic hydroxyl groups is 1. The Morgan fingerprint density at radius 2 is 1.82 bits per heavy atom. The van der Waals surface area contributed by atoms with Crippen molar-refractivity contribution in [3.8, 4) is 5.75 Å². The van der Waals surface area contributed by atoms with Crippen LogP contribution in [0.1, 0.15) is 16.7 Å². The number of rotatable bonds is 2. The van der Waals surface area contributed by atoms with E-state index in [-0.39, 0.29) is 5.75 Å². The summed E-state index contributed by atoms with van der Waals surface area (Å²) in [6.07, 6.45) is 1.78. The summed E-state index contributed by atoms with van der Waals surface area (Å²) < 4.78 is 0. The van der Waals surface area contributed by atoms with E-state index in [0.717, 1.165) is 11.1 Å². The lowest BCUT2D eigenvalue weighted by Gasteiger charge is -2.01. The molecule has 0 saturated carbocycles. The van der Waals surface area contributed by atoms with Crippen molar-refractivity contribution in [2.45, 2.75) is 13.8 Å². The molecule has 0 amide bonds. The Labute approximate surface area is 101 Å². The van der Waals surface area contributed by atoms with E-state index < -0.39 is 0 Å². The van der Waals surface area contributed by atoms with Gasteiger partial charge in [-0.2, -0.15) is 0 Å². The summed E-state index contributed by atoms with van der Waals surface area (Å²) in [4.78, 5) is 4.32. The molecule has 0 radical (unpaired) electrons. The van der Waals surface area contributed by atoms with E-state index in [1.54, 1.807) is 12.3 Å². The molecule has 0 aromatic heterocycles. The molecule has 2 aromatic rings. The van der Waals surface area contributed by atoms with Crippen molar-refractivity contribution in [2.75, 3.05) is 0 Å². The zero-order valence-electron chi connectivity index (χ0n) is 10.0. The Morgan fingerprint density at radius 3 is 2.59 bits per heavy atom. The van der Waals surface area contributed by atoms with Gasteiger partial charge in [0.15, 0.2) is 0 Å². The van der Waals surface area contributed by atoms with Crippen LogP contribution in [0.25, 0.3) is 0 Å². The average molecular weight is 225 g/mol. The number of benzene rings is 2. The van der Waals surface area contributed by atoms with Gasteiger partial charge in [-0.25, -0.2) is 0 Å². The summed E-state index contributed by atoms with van der Waals surface area (Å²) >= 11 is 0. The monoisotopic (exact) mass is 225 g/mol. The number of hydrogen-bond acceptors (Lipinski definition) is 2. The third-order valence-corrected chi connectivity index (χ3v) is 2.66. The molecule has 1 N–H and O–H groups in total. The summed E-state index contributed by atoms with van der Waals surface area (Å²) in [5, 5.41) is 9.67. The first-order chi connectivity index (χ1) is 8.16. The van der Waals surface area contributed by atoms with Crippen molar-refractivity contribution in [1.82, 2.24) is 0 Å². The fourth-order valence-corrected chi connectivity index (χ4v) is 1.61. The zero-order valence-corrected chi connectivity index (χ0v) is 10.0. The highest BCUT2D eigenvalue weighted by Crippen LogP contribution is 2.26. The summed E-state index contributed by atoms with van der Waals surface area (Å²) in [5.74, 6) is 0.209. The van der Waals surface area contributed by atoms with E-state index in [0.29, 0.717) is 5.69 Å². The molecule has 86 valence electrons. The number of aliphatic imine (C=N–C) groups is 1. The number of nitrogens with zero attached hydrogens (tertiary/aromatic N) is 1. The number of phenols is 1. The third-order valence-electron chi connectivity index (χ3n) is 2.66. The second-order valence-electron chi connectivity index (χ2n) is 4.11. The van der Waals surface area contributed by atoms with Crippen LogP contribution in [0.5, 0.6) is 5.75 Å². The van der Waals surface area contributed by atoms with Crippen LogP contribution in [0.3, 0.4) is 0 Å². The van der Waals surface area contributed by atoms with Crippen LogP contribution in [0, 0.1) is 13.8 Å². The molecule has 0 unspecified atom stereocenters. The van der Waals surface area contributed by atoms with E-state index in [9.17, 15) is 5.11 Å². The van der Waals surface area contributed by atoms with Gasteiger partial charge in [0, 0.05) is 6.21 Å². The van der Waals surface area contributed by atoms with Crippen LogP contribution in [-0.4, -0.2) is 11.3 Å². The van der Waals surface area contributed by atoms with Gasteiger partial charge in [-0.05, 0) is 42.7 Å². The molecule has 0 spiro atoms. The van der Waals surface area contributed by atoms with E-state index in [4.69, 9.17) is 0 Å². The van der Waals surface area contributed by atoms with Gasteiger partial charge in [0.05, 0.1) is 0 Å². The Hall–Kier alpha value is -2.09. The molecular formula is C15H15NO. The van der Waals surface area contributed by atoms with Crippen LogP contribution in [-0.2, 0) is 0 Å². The normalized spacial score (nSPS) is 10.9. The molecule has 0 aliphatic carbocycles. The van der Waals surface area contributed by atoms with E-state index in [2.05, 4.69) is 4.99 Å². The van der Waals surface area contributed by atoms with Crippen molar-refractivity contribution in [3.63, 3.8) is 0 Å². The largest absolute Gasteiger partial charge is 0.506 e. The molecule has 0 aliphatic rings. The number of aryl methyl sites for hydroxylation is 2. The average Bonchev–Trinajstić information content (AvgIpc) is 2.32. The number of hydrogen-bond donors (Lipinski definition) is 1. The van der Waals surface area contributed by atoms with Crippen molar-refractivity contribution >= 4 is 11.9 Å². The highest BCUT2D eigenvalue weighted by molar-refractivity contribution is 5.84. The second kappa shape index (κ2) is 4.83. The van der Waals surface area contributed by atoms with Gasteiger partial charge < -0.3 is 5.11 Å². The molecule has 2 heteroatoms. The van der Waals surface area contributed by atoms with Gasteiger partial charge in [-0.15, -0.1) is 0 Å².